The van der Waals surface area contributed by atoms with Gasteiger partial charge in [0.1, 0.15) is 0 Å². The third-order valence-corrected chi connectivity index (χ3v) is 7.15. The van der Waals surface area contributed by atoms with Crippen molar-refractivity contribution in [2.75, 3.05) is 44.3 Å². The second kappa shape index (κ2) is 10.6. The van der Waals surface area contributed by atoms with Crippen molar-refractivity contribution in [3.8, 4) is 0 Å². The summed E-state index contributed by atoms with van der Waals surface area (Å²) in [5.74, 6) is -0.0830. The lowest BCUT2D eigenvalue weighted by molar-refractivity contribution is -0.114. The van der Waals surface area contributed by atoms with E-state index in [9.17, 15) is 4.79 Å². The molecule has 1 amide bonds. The average molecular weight is 470 g/mol. The first-order chi connectivity index (χ1) is 15.5. The molecule has 1 aliphatic rings. The predicted molar refractivity (Wildman–Crippen MR) is 134 cm³/mol. The number of fused-ring (bicyclic) bond motifs is 1. The van der Waals surface area contributed by atoms with Gasteiger partial charge in [0.15, 0.2) is 5.13 Å². The summed E-state index contributed by atoms with van der Waals surface area (Å²) in [5.41, 5.74) is 4.14. The summed E-state index contributed by atoms with van der Waals surface area (Å²) < 4.78 is 6.57. The van der Waals surface area contributed by atoms with Crippen LogP contribution in [0.3, 0.4) is 0 Å². The summed E-state index contributed by atoms with van der Waals surface area (Å²) in [7, 11) is 0. The number of aryl methyl sites for hydroxylation is 2. The summed E-state index contributed by atoms with van der Waals surface area (Å²) in [6.07, 6.45) is 4.25. The van der Waals surface area contributed by atoms with E-state index in [1.165, 1.54) is 11.1 Å². The van der Waals surface area contributed by atoms with Crippen molar-refractivity contribution in [1.82, 2.24) is 9.88 Å². The topological polar surface area (TPSA) is 45.7 Å². The van der Waals surface area contributed by atoms with Gasteiger partial charge in [-0.2, -0.15) is 0 Å². The van der Waals surface area contributed by atoms with Gasteiger partial charge in [0.25, 0.3) is 5.91 Å². The standard InChI is InChI=1S/C25H28ClN3O2S/c1-18-16-19(2)24-22(17-18)27-25(32-24)29(11-5-10-28-12-14-31-15-13-28)23(30)9-8-20-6-3-4-7-21(20)26/h3-4,6-9,16-17H,5,10-15H2,1-2H3/b9-8+. The van der Waals surface area contributed by atoms with Crippen LogP contribution < -0.4 is 4.90 Å². The molecule has 168 valence electrons. The highest BCUT2D eigenvalue weighted by molar-refractivity contribution is 7.22. The van der Waals surface area contributed by atoms with E-state index in [-0.39, 0.29) is 5.91 Å². The number of carbonyl (C=O) groups is 1. The number of nitrogens with zero attached hydrogens (tertiary/aromatic N) is 3. The number of benzene rings is 2. The number of halogens is 1. The number of thiazole rings is 1. The lowest BCUT2D eigenvalue weighted by Crippen LogP contribution is -2.39. The Kier molecular flexibility index (Phi) is 7.58. The molecule has 5 nitrogen and oxygen atoms in total. The van der Waals surface area contributed by atoms with Crippen LogP contribution in [0.5, 0.6) is 0 Å². The molecule has 2 aromatic carbocycles. The van der Waals surface area contributed by atoms with E-state index in [0.29, 0.717) is 11.6 Å². The van der Waals surface area contributed by atoms with Gasteiger partial charge in [-0.1, -0.05) is 47.2 Å². The normalized spacial score (nSPS) is 15.0. The summed E-state index contributed by atoms with van der Waals surface area (Å²) in [6, 6.07) is 11.8. The number of amides is 1. The number of hydrogen-bond acceptors (Lipinski definition) is 5. The van der Waals surface area contributed by atoms with Crippen LogP contribution in [0.4, 0.5) is 5.13 Å². The lowest BCUT2D eigenvalue weighted by atomic mass is 10.1. The SMILES string of the molecule is Cc1cc(C)c2sc(N(CCCN3CCOCC3)C(=O)/C=C/c3ccccc3Cl)nc2c1. The van der Waals surface area contributed by atoms with Gasteiger partial charge >= 0.3 is 0 Å². The maximum absolute atomic E-state index is 13.3. The van der Waals surface area contributed by atoms with Gasteiger partial charge in [0.2, 0.25) is 0 Å². The van der Waals surface area contributed by atoms with Crippen molar-refractivity contribution in [2.45, 2.75) is 20.3 Å². The minimum absolute atomic E-state index is 0.0830. The first kappa shape index (κ1) is 22.9. The minimum atomic E-state index is -0.0830. The second-order valence-electron chi connectivity index (χ2n) is 8.08. The molecular weight excluding hydrogens is 442 g/mol. The van der Waals surface area contributed by atoms with Gasteiger partial charge in [0, 0.05) is 37.3 Å². The number of rotatable bonds is 7. The molecule has 0 radical (unpaired) electrons. The first-order valence-electron chi connectivity index (χ1n) is 10.9. The summed E-state index contributed by atoms with van der Waals surface area (Å²) in [5, 5.41) is 1.37. The molecule has 3 aromatic rings. The molecule has 0 bridgehead atoms. The van der Waals surface area contributed by atoms with Crippen LogP contribution >= 0.6 is 22.9 Å². The zero-order chi connectivity index (χ0) is 22.5. The van der Waals surface area contributed by atoms with E-state index >= 15 is 0 Å². The van der Waals surface area contributed by atoms with E-state index in [0.717, 1.165) is 60.2 Å². The molecule has 0 unspecified atom stereocenters. The Morgan fingerprint density at radius 3 is 2.81 bits per heavy atom. The Hall–Kier alpha value is -2.25. The second-order valence-corrected chi connectivity index (χ2v) is 9.46. The Bertz CT molecular complexity index is 1120. The van der Waals surface area contributed by atoms with Crippen molar-refractivity contribution in [3.63, 3.8) is 0 Å². The van der Waals surface area contributed by atoms with Crippen LogP contribution in [0, 0.1) is 13.8 Å². The molecule has 1 aromatic heterocycles. The van der Waals surface area contributed by atoms with Crippen molar-refractivity contribution >= 4 is 50.3 Å². The average Bonchev–Trinajstić information content (AvgIpc) is 3.20. The highest BCUT2D eigenvalue weighted by atomic mass is 35.5. The van der Waals surface area contributed by atoms with E-state index in [4.69, 9.17) is 21.3 Å². The maximum atomic E-state index is 13.3. The van der Waals surface area contributed by atoms with Gasteiger partial charge in [-0.15, -0.1) is 0 Å². The molecule has 0 aliphatic carbocycles. The van der Waals surface area contributed by atoms with Crippen molar-refractivity contribution in [2.24, 2.45) is 0 Å². The predicted octanol–water partition coefficient (Wildman–Crippen LogP) is 5.34. The monoisotopic (exact) mass is 469 g/mol. The number of anilines is 1. The summed E-state index contributed by atoms with van der Waals surface area (Å²) in [4.78, 5) is 22.3. The van der Waals surface area contributed by atoms with Crippen molar-refractivity contribution in [1.29, 1.82) is 0 Å². The highest BCUT2D eigenvalue weighted by Crippen LogP contribution is 2.32. The largest absolute Gasteiger partial charge is 0.379 e. The Morgan fingerprint density at radius 2 is 2.03 bits per heavy atom. The number of morpholine rings is 1. The molecule has 32 heavy (non-hydrogen) atoms. The number of ether oxygens (including phenoxy) is 1. The van der Waals surface area contributed by atoms with Gasteiger partial charge in [-0.25, -0.2) is 4.98 Å². The van der Waals surface area contributed by atoms with Crippen LogP contribution in [0.2, 0.25) is 5.02 Å². The smallest absolute Gasteiger partial charge is 0.252 e. The first-order valence-corrected chi connectivity index (χ1v) is 12.1. The van der Waals surface area contributed by atoms with Crippen LogP contribution in [0.25, 0.3) is 16.3 Å². The molecule has 4 rings (SSSR count). The molecule has 1 aliphatic heterocycles. The van der Waals surface area contributed by atoms with E-state index in [1.54, 1.807) is 28.4 Å². The van der Waals surface area contributed by atoms with Crippen molar-refractivity contribution in [3.05, 3.63) is 64.2 Å². The number of aromatic nitrogens is 1. The van der Waals surface area contributed by atoms with E-state index in [2.05, 4.69) is 30.9 Å². The van der Waals surface area contributed by atoms with Crippen LogP contribution in [-0.2, 0) is 9.53 Å². The maximum Gasteiger partial charge on any atom is 0.252 e. The van der Waals surface area contributed by atoms with E-state index in [1.807, 2.05) is 24.3 Å². The lowest BCUT2D eigenvalue weighted by Gasteiger charge is -2.27. The fourth-order valence-corrected chi connectivity index (χ4v) is 5.16. The zero-order valence-corrected chi connectivity index (χ0v) is 20.1. The number of carbonyl (C=O) groups excluding carboxylic acids is 1. The Morgan fingerprint density at radius 1 is 1.25 bits per heavy atom. The Labute approximate surface area is 198 Å². The minimum Gasteiger partial charge on any atom is -0.379 e. The highest BCUT2D eigenvalue weighted by Gasteiger charge is 2.19. The van der Waals surface area contributed by atoms with Crippen LogP contribution in [0.1, 0.15) is 23.1 Å². The molecule has 2 heterocycles. The third-order valence-electron chi connectivity index (χ3n) is 5.58. The van der Waals surface area contributed by atoms with Gasteiger partial charge < -0.3 is 4.74 Å². The van der Waals surface area contributed by atoms with Gasteiger partial charge in [-0.3, -0.25) is 14.6 Å². The van der Waals surface area contributed by atoms with Crippen molar-refractivity contribution < 1.29 is 9.53 Å². The molecule has 0 atom stereocenters. The molecule has 0 saturated carbocycles. The van der Waals surface area contributed by atoms with Gasteiger partial charge in [-0.05, 0) is 55.2 Å². The molecule has 7 heteroatoms. The molecular formula is C25H28ClN3O2S. The summed E-state index contributed by atoms with van der Waals surface area (Å²) in [6.45, 7) is 9.16. The fourth-order valence-electron chi connectivity index (χ4n) is 3.92. The molecule has 1 fully saturated rings. The quantitative estimate of drug-likeness (QED) is 0.438. The van der Waals surface area contributed by atoms with E-state index < -0.39 is 0 Å². The Balaban J connectivity index is 1.56. The van der Waals surface area contributed by atoms with Gasteiger partial charge in [0.05, 0.1) is 23.4 Å². The zero-order valence-electron chi connectivity index (χ0n) is 18.5. The third kappa shape index (κ3) is 5.56. The fraction of sp³-hybridized carbons (Fsp3) is 0.360. The molecule has 0 N–H and O–H groups in total. The van der Waals surface area contributed by atoms with Crippen LogP contribution in [0.15, 0.2) is 42.5 Å². The van der Waals surface area contributed by atoms with Crippen LogP contribution in [-0.4, -0.2) is 55.2 Å². The number of hydrogen-bond donors (Lipinski definition) is 0. The molecule has 1 saturated heterocycles. The summed E-state index contributed by atoms with van der Waals surface area (Å²) >= 11 is 7.84. The molecule has 0 spiro atoms.